The van der Waals surface area contributed by atoms with Gasteiger partial charge in [-0.15, -0.1) is 0 Å². The van der Waals surface area contributed by atoms with E-state index in [1.165, 1.54) is 0 Å². The summed E-state index contributed by atoms with van der Waals surface area (Å²) in [5.74, 6) is 2.85. The summed E-state index contributed by atoms with van der Waals surface area (Å²) in [6.07, 6.45) is 0.337. The Morgan fingerprint density at radius 3 is 2.17 bits per heavy atom. The standard InChI is InChI=1S/C41H49Cl2N4O6.BrH/c1-27-21-30(22-28(2)37(27)53-40(49)41(4,5)6)24-46-35(26-52-32-11-8-7-9-12-32)39(45-17-15-44(16-18-45)29(3)48)47(25-36-50-19-10-20-51-36)38(46)33-14-13-31(42)23-34(33)43;/h7-9,11-14,21-23,36H,10,15-20,24-26H2,1-6H3;1H/q+1;/p-1. The van der Waals surface area contributed by atoms with Crippen LogP contribution in [-0.2, 0) is 38.8 Å². The number of halogens is 3. The monoisotopic (exact) mass is 842 g/mol. The molecule has 1 amide bonds. The number of rotatable bonds is 10. The van der Waals surface area contributed by atoms with Gasteiger partial charge in [0.15, 0.2) is 12.0 Å². The van der Waals surface area contributed by atoms with Gasteiger partial charge in [-0.2, -0.15) is 0 Å². The largest absolute Gasteiger partial charge is 1.00 e. The van der Waals surface area contributed by atoms with Crippen molar-refractivity contribution in [3.8, 4) is 22.9 Å². The quantitative estimate of drug-likeness (QED) is 0.133. The van der Waals surface area contributed by atoms with Gasteiger partial charge in [-0.05, 0) is 100 Å². The number of ether oxygens (including phenoxy) is 4. The van der Waals surface area contributed by atoms with Gasteiger partial charge in [0.05, 0.1) is 61.9 Å². The van der Waals surface area contributed by atoms with E-state index in [1.54, 1.807) is 13.0 Å². The molecule has 6 rings (SSSR count). The van der Waals surface area contributed by atoms with Crippen molar-refractivity contribution in [3.05, 3.63) is 93.1 Å². The smallest absolute Gasteiger partial charge is 0.316 e. The predicted molar refractivity (Wildman–Crippen MR) is 206 cm³/mol. The van der Waals surface area contributed by atoms with Crippen LogP contribution in [0.1, 0.15) is 56.5 Å². The number of carbonyl (C=O) groups is 2. The molecule has 2 fully saturated rings. The minimum absolute atomic E-state index is 0. The van der Waals surface area contributed by atoms with Crippen LogP contribution in [0.3, 0.4) is 0 Å². The van der Waals surface area contributed by atoms with Crippen molar-refractivity contribution in [3.63, 3.8) is 0 Å². The van der Waals surface area contributed by atoms with Crippen molar-refractivity contribution in [1.29, 1.82) is 0 Å². The van der Waals surface area contributed by atoms with Crippen molar-refractivity contribution in [2.24, 2.45) is 5.41 Å². The normalized spacial score (nSPS) is 15.2. The van der Waals surface area contributed by atoms with E-state index in [4.69, 9.17) is 42.1 Å². The van der Waals surface area contributed by atoms with Gasteiger partial charge in [-0.25, -0.2) is 9.13 Å². The zero-order chi connectivity index (χ0) is 37.9. The van der Waals surface area contributed by atoms with Gasteiger partial charge in [0, 0.05) is 11.9 Å². The van der Waals surface area contributed by atoms with E-state index in [9.17, 15) is 9.59 Å². The molecule has 54 heavy (non-hydrogen) atoms. The van der Waals surface area contributed by atoms with E-state index in [2.05, 4.69) is 26.2 Å². The maximum absolute atomic E-state index is 12.9. The van der Waals surface area contributed by atoms with Crippen LogP contribution in [0.15, 0.2) is 60.7 Å². The summed E-state index contributed by atoms with van der Waals surface area (Å²) in [6.45, 7) is 15.8. The summed E-state index contributed by atoms with van der Waals surface area (Å²) in [5, 5.41) is 1.03. The molecule has 0 unspecified atom stereocenters. The van der Waals surface area contributed by atoms with Gasteiger partial charge in [-0.3, -0.25) is 14.5 Å². The van der Waals surface area contributed by atoms with Crippen molar-refractivity contribution in [2.75, 3.05) is 44.3 Å². The first-order valence-corrected chi connectivity index (χ1v) is 18.9. The van der Waals surface area contributed by atoms with E-state index < -0.39 is 11.7 Å². The van der Waals surface area contributed by atoms with E-state index >= 15 is 0 Å². The molecule has 2 saturated heterocycles. The highest BCUT2D eigenvalue weighted by molar-refractivity contribution is 6.36. The molecule has 2 aliphatic rings. The molecule has 0 aliphatic carbocycles. The Bertz CT molecular complexity index is 1930. The number of aromatic nitrogens is 2. The Kier molecular flexibility index (Phi) is 13.8. The summed E-state index contributed by atoms with van der Waals surface area (Å²) >= 11 is 13.5. The van der Waals surface area contributed by atoms with Gasteiger partial charge in [0.1, 0.15) is 24.7 Å². The zero-order valence-electron chi connectivity index (χ0n) is 31.8. The number of hydrogen-bond donors (Lipinski definition) is 0. The van der Waals surface area contributed by atoms with Gasteiger partial charge < -0.3 is 40.8 Å². The van der Waals surface area contributed by atoms with Crippen molar-refractivity contribution < 1.29 is 50.1 Å². The molecule has 290 valence electrons. The fourth-order valence-electron chi connectivity index (χ4n) is 6.86. The molecule has 0 atom stereocenters. The Labute approximate surface area is 338 Å². The molecule has 3 aromatic carbocycles. The first-order chi connectivity index (χ1) is 25.3. The number of piperazine rings is 1. The third-order valence-corrected chi connectivity index (χ3v) is 10.1. The van der Waals surface area contributed by atoms with E-state index in [1.807, 2.05) is 82.0 Å². The lowest BCUT2D eigenvalue weighted by molar-refractivity contribution is -0.689. The van der Waals surface area contributed by atoms with Crippen molar-refractivity contribution in [2.45, 2.75) is 73.9 Å². The number of imidazole rings is 1. The summed E-state index contributed by atoms with van der Waals surface area (Å²) in [4.78, 5) is 29.5. The van der Waals surface area contributed by atoms with Crippen LogP contribution >= 0.6 is 23.2 Å². The number of anilines is 1. The molecule has 0 spiro atoms. The third kappa shape index (κ3) is 9.60. The Morgan fingerprint density at radius 1 is 0.926 bits per heavy atom. The summed E-state index contributed by atoms with van der Waals surface area (Å²) in [7, 11) is 0. The molecule has 0 N–H and O–H groups in total. The third-order valence-electron chi connectivity index (χ3n) is 9.56. The van der Waals surface area contributed by atoms with Crippen molar-refractivity contribution in [1.82, 2.24) is 9.47 Å². The maximum atomic E-state index is 12.9. The minimum Gasteiger partial charge on any atom is -1.00 e. The van der Waals surface area contributed by atoms with Gasteiger partial charge >= 0.3 is 5.97 Å². The number of nitrogens with zero attached hydrogens (tertiary/aromatic N) is 4. The Morgan fingerprint density at radius 2 is 1.57 bits per heavy atom. The molecule has 4 aromatic rings. The highest BCUT2D eigenvalue weighted by atomic mass is 79.9. The van der Waals surface area contributed by atoms with E-state index in [-0.39, 0.29) is 35.5 Å². The predicted octanol–water partition coefficient (Wildman–Crippen LogP) is 4.38. The molecule has 10 nitrogen and oxygen atoms in total. The lowest BCUT2D eigenvalue weighted by atomic mass is 9.97. The van der Waals surface area contributed by atoms with Crippen LogP contribution in [-0.4, -0.2) is 67.0 Å². The number of esters is 1. The number of aryl methyl sites for hydroxylation is 2. The topological polar surface area (TPSA) is 86.3 Å². The van der Waals surface area contributed by atoms with E-state index in [0.717, 1.165) is 51.8 Å². The van der Waals surface area contributed by atoms with Crippen LogP contribution in [0.25, 0.3) is 11.4 Å². The van der Waals surface area contributed by atoms with Crippen LogP contribution in [0, 0.1) is 19.3 Å². The molecule has 0 radical (unpaired) electrons. The second kappa shape index (κ2) is 17.9. The number of para-hydroxylation sites is 1. The minimum atomic E-state index is -0.644. The lowest BCUT2D eigenvalue weighted by Gasteiger charge is -2.32. The van der Waals surface area contributed by atoms with Crippen LogP contribution < -0.4 is 35.9 Å². The second-order valence-corrected chi connectivity index (χ2v) is 15.6. The summed E-state index contributed by atoms with van der Waals surface area (Å²) in [6, 6.07) is 19.4. The van der Waals surface area contributed by atoms with Gasteiger partial charge in [-0.1, -0.05) is 41.4 Å². The fraction of sp³-hybridized carbons (Fsp3) is 0.439. The van der Waals surface area contributed by atoms with Gasteiger partial charge in [0.2, 0.25) is 11.7 Å². The molecule has 2 aliphatic heterocycles. The first-order valence-electron chi connectivity index (χ1n) is 18.1. The Balaban J connectivity index is 0.00000561. The highest BCUT2D eigenvalue weighted by Crippen LogP contribution is 2.36. The molecule has 0 bridgehead atoms. The maximum Gasteiger partial charge on any atom is 0.316 e. The second-order valence-electron chi connectivity index (χ2n) is 14.7. The number of benzene rings is 3. The van der Waals surface area contributed by atoms with E-state index in [0.29, 0.717) is 68.3 Å². The summed E-state index contributed by atoms with van der Waals surface area (Å²) < 4.78 is 29.3. The average molecular weight is 845 g/mol. The van der Waals surface area contributed by atoms with Crippen molar-refractivity contribution >= 4 is 40.9 Å². The SMILES string of the molecule is CC(=O)N1CCN(c2c(COc3ccccc3)n(Cc3cc(C)c(OC(=O)C(C)(C)C)c(C)c3)c(-c3ccc(Cl)cc3Cl)[n+]2CC2OCCCO2)CC1.[Br-]. The molecule has 0 saturated carbocycles. The molecule has 3 heterocycles. The average Bonchev–Trinajstić information content (AvgIpc) is 3.40. The summed E-state index contributed by atoms with van der Waals surface area (Å²) in [5.41, 5.74) is 3.77. The number of hydrogen-bond acceptors (Lipinski definition) is 7. The lowest BCUT2D eigenvalue weighted by Crippen LogP contribution is -3.00. The number of amides is 1. The Hall–Kier alpha value is -3.61. The highest BCUT2D eigenvalue weighted by Gasteiger charge is 2.39. The number of carbonyl (C=O) groups excluding carboxylic acids is 2. The molecule has 13 heteroatoms. The molecular weight excluding hydrogens is 795 g/mol. The van der Waals surface area contributed by atoms with Crippen LogP contribution in [0.2, 0.25) is 10.0 Å². The van der Waals surface area contributed by atoms with Crippen LogP contribution in [0.4, 0.5) is 5.82 Å². The van der Waals surface area contributed by atoms with Gasteiger partial charge in [0.25, 0.3) is 5.82 Å². The molecular formula is C41H49BrCl2N4O6. The zero-order valence-corrected chi connectivity index (χ0v) is 34.9. The fourth-order valence-corrected chi connectivity index (χ4v) is 7.36. The first kappa shape index (κ1) is 41.6. The van der Waals surface area contributed by atoms with Crippen LogP contribution in [0.5, 0.6) is 11.5 Å². The molecule has 1 aromatic heterocycles.